The van der Waals surface area contributed by atoms with Crippen molar-refractivity contribution in [3.63, 3.8) is 0 Å². The average molecular weight is 348 g/mol. The predicted molar refractivity (Wildman–Crippen MR) is 60.5 cm³/mol. The minimum absolute atomic E-state index is 0.191. The molecular formula is C10H6F6N2O5. The molecule has 0 fully saturated rings. The fourth-order valence-corrected chi connectivity index (χ4v) is 1.76. The van der Waals surface area contributed by atoms with E-state index in [4.69, 9.17) is 5.11 Å². The first kappa shape index (κ1) is 18.6. The Balaban J connectivity index is 3.90. The summed E-state index contributed by atoms with van der Waals surface area (Å²) >= 11 is 0. The van der Waals surface area contributed by atoms with Crippen LogP contribution in [0.1, 0.15) is 11.1 Å². The van der Waals surface area contributed by atoms with E-state index < -0.39 is 50.3 Å². The highest BCUT2D eigenvalue weighted by Crippen LogP contribution is 2.51. The lowest BCUT2D eigenvalue weighted by molar-refractivity contribution is -0.397. The minimum atomic E-state index is -6.32. The maximum Gasteiger partial charge on any atom is 0.430 e. The number of rotatable bonds is 3. The summed E-state index contributed by atoms with van der Waals surface area (Å²) in [6, 6.07) is -0.382. The van der Waals surface area contributed by atoms with E-state index in [0.717, 1.165) is 6.92 Å². The van der Waals surface area contributed by atoms with Crippen LogP contribution < -0.4 is 0 Å². The zero-order valence-corrected chi connectivity index (χ0v) is 10.9. The Bertz CT molecular complexity index is 620. The molecule has 1 N–H and O–H groups in total. The van der Waals surface area contributed by atoms with E-state index in [1.807, 2.05) is 0 Å². The van der Waals surface area contributed by atoms with Crippen molar-refractivity contribution in [2.45, 2.75) is 24.9 Å². The Kier molecular flexibility index (Phi) is 4.31. The van der Waals surface area contributed by atoms with Crippen molar-refractivity contribution in [3.05, 3.63) is 43.5 Å². The highest BCUT2D eigenvalue weighted by atomic mass is 19.4. The van der Waals surface area contributed by atoms with Gasteiger partial charge in [-0.05, 0) is 6.92 Å². The molecule has 128 valence electrons. The van der Waals surface area contributed by atoms with Crippen molar-refractivity contribution in [2.24, 2.45) is 0 Å². The monoisotopic (exact) mass is 348 g/mol. The Labute approximate surface area is 122 Å². The highest BCUT2D eigenvalue weighted by Gasteiger charge is 2.72. The van der Waals surface area contributed by atoms with Gasteiger partial charge >= 0.3 is 12.4 Å². The first-order valence-corrected chi connectivity index (χ1v) is 5.44. The third-order valence-electron chi connectivity index (χ3n) is 2.98. The molecule has 0 aromatic heterocycles. The van der Waals surface area contributed by atoms with Crippen LogP contribution in [0.25, 0.3) is 0 Å². The summed E-state index contributed by atoms with van der Waals surface area (Å²) in [7, 11) is 0. The topological polar surface area (TPSA) is 107 Å². The first-order valence-electron chi connectivity index (χ1n) is 5.44. The van der Waals surface area contributed by atoms with Gasteiger partial charge in [0.15, 0.2) is 0 Å². The molecule has 7 nitrogen and oxygen atoms in total. The van der Waals surface area contributed by atoms with Crippen LogP contribution in [0.15, 0.2) is 12.1 Å². The van der Waals surface area contributed by atoms with Gasteiger partial charge in [0, 0.05) is 17.7 Å². The summed E-state index contributed by atoms with van der Waals surface area (Å²) < 4.78 is 76.5. The lowest BCUT2D eigenvalue weighted by Gasteiger charge is -2.32. The van der Waals surface area contributed by atoms with Crippen molar-refractivity contribution >= 4 is 11.4 Å². The lowest BCUT2D eigenvalue weighted by atomic mass is 9.90. The molecule has 13 heteroatoms. The van der Waals surface area contributed by atoms with Crippen LogP contribution in [0.4, 0.5) is 37.7 Å². The summed E-state index contributed by atoms with van der Waals surface area (Å²) in [6.45, 7) is 0.778. The molecule has 1 aromatic rings. The van der Waals surface area contributed by atoms with Crippen LogP contribution in [-0.4, -0.2) is 27.3 Å². The molecule has 0 atom stereocenters. The molecule has 0 aliphatic heterocycles. The second-order valence-electron chi connectivity index (χ2n) is 4.36. The van der Waals surface area contributed by atoms with Gasteiger partial charge in [0.2, 0.25) is 0 Å². The molecule has 0 aliphatic rings. The van der Waals surface area contributed by atoms with E-state index in [0.29, 0.717) is 0 Å². The van der Waals surface area contributed by atoms with Crippen LogP contribution in [-0.2, 0) is 5.60 Å². The summed E-state index contributed by atoms with van der Waals surface area (Å²) in [6.07, 6.45) is -12.6. The number of benzene rings is 1. The maximum atomic E-state index is 12.7. The van der Waals surface area contributed by atoms with Crippen molar-refractivity contribution < 1.29 is 41.3 Å². The third kappa shape index (κ3) is 2.91. The molecule has 0 bridgehead atoms. The van der Waals surface area contributed by atoms with E-state index in [-0.39, 0.29) is 12.1 Å². The summed E-state index contributed by atoms with van der Waals surface area (Å²) in [5.74, 6) is 0. The Morgan fingerprint density at radius 2 is 1.22 bits per heavy atom. The zero-order chi connectivity index (χ0) is 18.4. The molecule has 0 saturated heterocycles. The molecule has 0 unspecified atom stereocenters. The Hall–Kier alpha value is -2.44. The molecule has 0 aliphatic carbocycles. The van der Waals surface area contributed by atoms with Gasteiger partial charge in [-0.15, -0.1) is 0 Å². The quantitative estimate of drug-likeness (QED) is 0.513. The number of alkyl halides is 6. The van der Waals surface area contributed by atoms with Crippen molar-refractivity contribution in [3.8, 4) is 0 Å². The predicted octanol–water partition coefficient (Wildman–Crippen LogP) is 3.12. The van der Waals surface area contributed by atoms with E-state index >= 15 is 0 Å². The number of hydrogen-bond donors (Lipinski definition) is 1. The minimum Gasteiger partial charge on any atom is -0.369 e. The normalized spacial score (nSPS) is 13.0. The summed E-state index contributed by atoms with van der Waals surface area (Å²) in [4.78, 5) is 18.6. The van der Waals surface area contributed by atoms with Crippen LogP contribution in [0.3, 0.4) is 0 Å². The molecule has 0 heterocycles. The smallest absolute Gasteiger partial charge is 0.369 e. The highest BCUT2D eigenvalue weighted by molar-refractivity contribution is 5.57. The SMILES string of the molecule is Cc1c([N+](=O)[O-])cc(C(O)(C(F)(F)F)C(F)(F)F)cc1[N+](=O)[O-]. The fourth-order valence-electron chi connectivity index (χ4n) is 1.76. The van der Waals surface area contributed by atoms with Crippen LogP contribution >= 0.6 is 0 Å². The van der Waals surface area contributed by atoms with Crippen molar-refractivity contribution in [2.75, 3.05) is 0 Å². The third-order valence-corrected chi connectivity index (χ3v) is 2.98. The number of hydrogen-bond acceptors (Lipinski definition) is 5. The number of nitro groups is 2. The van der Waals surface area contributed by atoms with Crippen LogP contribution in [0, 0.1) is 27.2 Å². The second-order valence-corrected chi connectivity index (χ2v) is 4.36. The molecule has 0 spiro atoms. The van der Waals surface area contributed by atoms with Crippen LogP contribution in [0.5, 0.6) is 0 Å². The maximum absolute atomic E-state index is 12.7. The number of aliphatic hydroxyl groups is 1. The standard InChI is InChI=1S/C10H6F6N2O5/c1-4-6(17(20)21)2-5(3-7(4)18(22)23)8(19,9(11,12)13)10(14,15)16/h2-3,19H,1H3. The number of halogens is 6. The van der Waals surface area contributed by atoms with E-state index in [1.54, 1.807) is 0 Å². The summed E-state index contributed by atoms with van der Waals surface area (Å²) in [5.41, 5.74) is -11.0. The van der Waals surface area contributed by atoms with Gasteiger partial charge in [-0.3, -0.25) is 20.2 Å². The van der Waals surface area contributed by atoms with Gasteiger partial charge < -0.3 is 5.11 Å². The van der Waals surface area contributed by atoms with E-state index in [1.165, 1.54) is 0 Å². The van der Waals surface area contributed by atoms with Gasteiger partial charge in [-0.2, -0.15) is 26.3 Å². The Morgan fingerprint density at radius 1 is 0.913 bits per heavy atom. The molecule has 0 amide bonds. The van der Waals surface area contributed by atoms with Gasteiger partial charge in [0.1, 0.15) is 5.56 Å². The van der Waals surface area contributed by atoms with Gasteiger partial charge in [-0.25, -0.2) is 0 Å². The van der Waals surface area contributed by atoms with Crippen molar-refractivity contribution in [1.82, 2.24) is 0 Å². The van der Waals surface area contributed by atoms with E-state index in [2.05, 4.69) is 0 Å². The largest absolute Gasteiger partial charge is 0.430 e. The fraction of sp³-hybridized carbons (Fsp3) is 0.400. The molecular weight excluding hydrogens is 342 g/mol. The second kappa shape index (κ2) is 5.33. The summed E-state index contributed by atoms with van der Waals surface area (Å²) in [5, 5.41) is 30.6. The first-order chi connectivity index (χ1) is 10.1. The molecule has 1 rings (SSSR count). The van der Waals surface area contributed by atoms with Gasteiger partial charge in [0.25, 0.3) is 17.0 Å². The molecule has 23 heavy (non-hydrogen) atoms. The number of nitro benzene ring substituents is 2. The molecule has 0 saturated carbocycles. The average Bonchev–Trinajstić information content (AvgIpc) is 2.34. The lowest BCUT2D eigenvalue weighted by Crippen LogP contribution is -2.54. The van der Waals surface area contributed by atoms with Crippen molar-refractivity contribution in [1.29, 1.82) is 0 Å². The molecule has 1 aromatic carbocycles. The van der Waals surface area contributed by atoms with Gasteiger partial charge in [0.05, 0.1) is 9.85 Å². The number of nitrogens with zero attached hydrogens (tertiary/aromatic N) is 2. The molecule has 0 radical (unpaired) electrons. The van der Waals surface area contributed by atoms with Gasteiger partial charge in [-0.1, -0.05) is 0 Å². The Morgan fingerprint density at radius 3 is 1.43 bits per heavy atom. The zero-order valence-electron chi connectivity index (χ0n) is 10.9. The van der Waals surface area contributed by atoms with Crippen LogP contribution in [0.2, 0.25) is 0 Å². The van der Waals surface area contributed by atoms with E-state index in [9.17, 15) is 46.6 Å².